The molecule has 0 atom stereocenters. The summed E-state index contributed by atoms with van der Waals surface area (Å²) in [4.78, 5) is 22.4. The molecule has 0 radical (unpaired) electrons. The average Bonchev–Trinajstić information content (AvgIpc) is 3.33. The zero-order valence-electron chi connectivity index (χ0n) is 22.3. The van der Waals surface area contributed by atoms with Crippen molar-refractivity contribution >= 4 is 55.0 Å². The first kappa shape index (κ1) is 29.2. The van der Waals surface area contributed by atoms with Gasteiger partial charge in [0.05, 0.1) is 15.1 Å². The number of anilines is 1. The van der Waals surface area contributed by atoms with Gasteiger partial charge >= 0.3 is 0 Å². The highest BCUT2D eigenvalue weighted by atomic mass is 35.5. The topological polar surface area (TPSA) is 73.8 Å². The SMILES string of the molecule is Cc1ccc2nc(N(CCCN(C)C)C(=O)c3ccc(S(=O)(=O)N4CCc5ccccc5C4)cc3)sc2c1.Cl. The molecule has 10 heteroatoms. The molecule has 206 valence electrons. The van der Waals surface area contributed by atoms with Crippen LogP contribution in [0.3, 0.4) is 0 Å². The van der Waals surface area contributed by atoms with Gasteiger partial charge in [-0.05, 0) is 93.5 Å². The number of fused-ring (bicyclic) bond motifs is 2. The lowest BCUT2D eigenvalue weighted by molar-refractivity contribution is 0.0986. The lowest BCUT2D eigenvalue weighted by atomic mass is 10.0. The predicted octanol–water partition coefficient (Wildman–Crippen LogP) is 5.37. The Bertz CT molecular complexity index is 1570. The lowest BCUT2D eigenvalue weighted by Gasteiger charge is -2.28. The standard InChI is InChI=1S/C29H32N4O3S2.ClH/c1-21-9-14-26-27(19-21)37-29(30-26)33(17-6-16-31(2)3)28(34)23-10-12-25(13-11-23)38(35,36)32-18-15-22-7-4-5-8-24(22)20-32;/h4-5,7-14,19H,6,15-18,20H2,1-3H3;1H. The van der Waals surface area contributed by atoms with Crippen LogP contribution in [-0.2, 0) is 23.0 Å². The summed E-state index contributed by atoms with van der Waals surface area (Å²) >= 11 is 1.50. The smallest absolute Gasteiger partial charge is 0.260 e. The highest BCUT2D eigenvalue weighted by molar-refractivity contribution is 7.89. The molecule has 1 amide bonds. The Morgan fingerprint density at radius 1 is 1.00 bits per heavy atom. The minimum atomic E-state index is -3.67. The molecular weight excluding hydrogens is 552 g/mol. The fourth-order valence-corrected chi connectivity index (χ4v) is 7.22. The lowest BCUT2D eigenvalue weighted by Crippen LogP contribution is -2.36. The number of halogens is 1. The Balaban J connectivity index is 0.00000353. The number of carbonyl (C=O) groups is 1. The number of nitrogens with zero attached hydrogens (tertiary/aromatic N) is 4. The quantitative estimate of drug-likeness (QED) is 0.278. The van der Waals surface area contributed by atoms with E-state index >= 15 is 0 Å². The molecule has 0 N–H and O–H groups in total. The molecule has 0 bridgehead atoms. The van der Waals surface area contributed by atoms with Crippen LogP contribution in [0.25, 0.3) is 10.2 Å². The second-order valence-corrected chi connectivity index (χ2v) is 12.9. The molecule has 0 saturated heterocycles. The number of hydrogen-bond acceptors (Lipinski definition) is 6. The van der Waals surface area contributed by atoms with Gasteiger partial charge in [0.1, 0.15) is 0 Å². The molecule has 1 aliphatic rings. The van der Waals surface area contributed by atoms with Crippen molar-refractivity contribution in [2.45, 2.75) is 31.2 Å². The Labute approximate surface area is 240 Å². The molecule has 7 nitrogen and oxygen atoms in total. The number of amides is 1. The molecule has 0 spiro atoms. The minimum absolute atomic E-state index is 0. The molecule has 3 aromatic carbocycles. The number of hydrogen-bond donors (Lipinski definition) is 0. The van der Waals surface area contributed by atoms with Crippen molar-refractivity contribution in [1.29, 1.82) is 0 Å². The number of aromatic nitrogens is 1. The predicted molar refractivity (Wildman–Crippen MR) is 161 cm³/mol. The van der Waals surface area contributed by atoms with E-state index in [9.17, 15) is 13.2 Å². The van der Waals surface area contributed by atoms with Crippen LogP contribution in [0.1, 0.15) is 33.5 Å². The molecule has 0 saturated carbocycles. The molecule has 2 heterocycles. The molecule has 5 rings (SSSR count). The molecule has 0 unspecified atom stereocenters. The number of rotatable bonds is 8. The van der Waals surface area contributed by atoms with E-state index in [2.05, 4.69) is 17.0 Å². The van der Waals surface area contributed by atoms with Crippen LogP contribution in [0.2, 0.25) is 0 Å². The van der Waals surface area contributed by atoms with Crippen molar-refractivity contribution in [3.8, 4) is 0 Å². The van der Waals surface area contributed by atoms with Gasteiger partial charge in [-0.15, -0.1) is 12.4 Å². The van der Waals surface area contributed by atoms with Gasteiger partial charge in [0.25, 0.3) is 5.91 Å². The third kappa shape index (κ3) is 6.34. The van der Waals surface area contributed by atoms with Crippen molar-refractivity contribution in [2.24, 2.45) is 0 Å². The summed E-state index contributed by atoms with van der Waals surface area (Å²) < 4.78 is 29.3. The van der Waals surface area contributed by atoms with Crippen LogP contribution >= 0.6 is 23.7 Å². The van der Waals surface area contributed by atoms with Crippen LogP contribution in [0.5, 0.6) is 0 Å². The number of benzene rings is 3. The van der Waals surface area contributed by atoms with E-state index < -0.39 is 10.0 Å². The molecule has 39 heavy (non-hydrogen) atoms. The minimum Gasteiger partial charge on any atom is -0.309 e. The van der Waals surface area contributed by atoms with E-state index in [-0.39, 0.29) is 23.2 Å². The van der Waals surface area contributed by atoms with E-state index in [1.54, 1.807) is 29.2 Å². The third-order valence-electron chi connectivity index (χ3n) is 6.83. The van der Waals surface area contributed by atoms with Gasteiger partial charge in [0.2, 0.25) is 10.0 Å². The van der Waals surface area contributed by atoms with Gasteiger partial charge in [0, 0.05) is 25.2 Å². The summed E-state index contributed by atoms with van der Waals surface area (Å²) in [5, 5.41) is 0.651. The van der Waals surface area contributed by atoms with Crippen LogP contribution in [0, 0.1) is 6.92 Å². The maximum absolute atomic E-state index is 13.7. The molecule has 4 aromatic rings. The van der Waals surface area contributed by atoms with Gasteiger partial charge < -0.3 is 4.90 Å². The van der Waals surface area contributed by atoms with Crippen molar-refractivity contribution < 1.29 is 13.2 Å². The first-order valence-corrected chi connectivity index (χ1v) is 15.0. The first-order valence-electron chi connectivity index (χ1n) is 12.7. The third-order valence-corrected chi connectivity index (χ3v) is 9.73. The summed E-state index contributed by atoms with van der Waals surface area (Å²) in [6.07, 6.45) is 1.48. The van der Waals surface area contributed by atoms with Crippen LogP contribution in [0.15, 0.2) is 71.6 Å². The van der Waals surface area contributed by atoms with Crippen LogP contribution in [-0.4, -0.2) is 62.2 Å². The zero-order valence-corrected chi connectivity index (χ0v) is 24.8. The van der Waals surface area contributed by atoms with E-state index in [1.165, 1.54) is 21.2 Å². The Kier molecular flexibility index (Phi) is 9.08. The van der Waals surface area contributed by atoms with Gasteiger partial charge in [0.15, 0.2) is 5.13 Å². The first-order chi connectivity index (χ1) is 18.2. The summed E-state index contributed by atoms with van der Waals surface area (Å²) in [7, 11) is 0.341. The molecule has 0 fully saturated rings. The van der Waals surface area contributed by atoms with Crippen molar-refractivity contribution in [3.05, 3.63) is 89.0 Å². The normalized spacial score (nSPS) is 13.7. The molecule has 0 aliphatic carbocycles. The maximum Gasteiger partial charge on any atom is 0.260 e. The largest absolute Gasteiger partial charge is 0.309 e. The van der Waals surface area contributed by atoms with Crippen molar-refractivity contribution in [2.75, 3.05) is 38.6 Å². The van der Waals surface area contributed by atoms with E-state index in [0.717, 1.165) is 34.3 Å². The Hall–Kier alpha value is -2.82. The summed E-state index contributed by atoms with van der Waals surface area (Å²) in [5.74, 6) is -0.185. The fraction of sp³-hybridized carbons (Fsp3) is 0.310. The highest BCUT2D eigenvalue weighted by Crippen LogP contribution is 2.31. The second kappa shape index (κ2) is 12.1. The molecule has 1 aromatic heterocycles. The zero-order chi connectivity index (χ0) is 26.9. The fourth-order valence-electron chi connectivity index (χ4n) is 4.71. The summed E-state index contributed by atoms with van der Waals surface area (Å²) in [5.41, 5.74) is 4.68. The summed E-state index contributed by atoms with van der Waals surface area (Å²) in [6, 6.07) is 20.3. The van der Waals surface area contributed by atoms with Gasteiger partial charge in [-0.25, -0.2) is 13.4 Å². The molecule has 1 aliphatic heterocycles. The van der Waals surface area contributed by atoms with Crippen LogP contribution in [0.4, 0.5) is 5.13 Å². The highest BCUT2D eigenvalue weighted by Gasteiger charge is 2.29. The van der Waals surface area contributed by atoms with Crippen molar-refractivity contribution in [3.63, 3.8) is 0 Å². The number of thiazole rings is 1. The Morgan fingerprint density at radius 3 is 2.44 bits per heavy atom. The van der Waals surface area contributed by atoms with E-state index in [0.29, 0.717) is 36.8 Å². The molecular formula is C29H33ClN4O3S2. The second-order valence-electron chi connectivity index (χ2n) is 9.96. The average molecular weight is 585 g/mol. The van der Waals surface area contributed by atoms with E-state index in [4.69, 9.17) is 4.98 Å². The number of sulfonamides is 1. The number of carbonyl (C=O) groups excluding carboxylic acids is 1. The van der Waals surface area contributed by atoms with Crippen LogP contribution < -0.4 is 4.90 Å². The summed E-state index contributed by atoms with van der Waals surface area (Å²) in [6.45, 7) is 4.19. The van der Waals surface area contributed by atoms with Gasteiger partial charge in [-0.1, -0.05) is 41.7 Å². The van der Waals surface area contributed by atoms with E-state index in [1.807, 2.05) is 51.4 Å². The monoisotopic (exact) mass is 584 g/mol. The van der Waals surface area contributed by atoms with Crippen molar-refractivity contribution in [1.82, 2.24) is 14.2 Å². The van der Waals surface area contributed by atoms with Gasteiger partial charge in [-0.3, -0.25) is 9.69 Å². The maximum atomic E-state index is 13.7. The van der Waals surface area contributed by atoms with Gasteiger partial charge in [-0.2, -0.15) is 4.31 Å². The number of aryl methyl sites for hydroxylation is 1. The Morgan fingerprint density at radius 2 is 1.72 bits per heavy atom.